The number of amides is 1. The van der Waals surface area contributed by atoms with Gasteiger partial charge in [-0.3, -0.25) is 9.20 Å². The smallest absolute Gasteiger partial charge is 0.233 e. The van der Waals surface area contributed by atoms with Crippen LogP contribution in [0.15, 0.2) is 35.7 Å². The van der Waals surface area contributed by atoms with Gasteiger partial charge >= 0.3 is 0 Å². The van der Waals surface area contributed by atoms with Crippen LogP contribution in [0, 0.1) is 0 Å². The Hall–Kier alpha value is -2.85. The van der Waals surface area contributed by atoms with E-state index in [0.29, 0.717) is 5.75 Å². The van der Waals surface area contributed by atoms with Gasteiger partial charge in [0.05, 0.1) is 18.2 Å². The lowest BCUT2D eigenvalue weighted by Crippen LogP contribution is -2.49. The number of aryl methyl sites for hydroxylation is 2. The van der Waals surface area contributed by atoms with Crippen molar-refractivity contribution in [1.29, 1.82) is 0 Å². The second-order valence-electron chi connectivity index (χ2n) is 8.67. The number of fused-ring (bicyclic) bond motifs is 5. The number of benzene rings is 1. The highest BCUT2D eigenvalue weighted by Crippen LogP contribution is 2.37. The highest BCUT2D eigenvalue weighted by Gasteiger charge is 2.24. The molecule has 1 fully saturated rings. The molecule has 0 saturated carbocycles. The molecule has 1 saturated heterocycles. The van der Waals surface area contributed by atoms with Gasteiger partial charge in [0.25, 0.3) is 0 Å². The molecule has 1 aliphatic carbocycles. The third-order valence-corrected chi connectivity index (χ3v) is 8.85. The molecule has 3 aromatic heterocycles. The third-order valence-electron chi connectivity index (χ3n) is 6.73. The summed E-state index contributed by atoms with van der Waals surface area (Å²) < 4.78 is 7.19. The number of carbonyl (C=O) groups excluding carboxylic acids is 1. The van der Waals surface area contributed by atoms with E-state index in [4.69, 9.17) is 9.72 Å². The van der Waals surface area contributed by atoms with Crippen molar-refractivity contribution in [2.24, 2.45) is 0 Å². The fourth-order valence-electron chi connectivity index (χ4n) is 4.86. The molecule has 2 aliphatic rings. The van der Waals surface area contributed by atoms with Crippen molar-refractivity contribution in [2.45, 2.75) is 30.8 Å². The summed E-state index contributed by atoms with van der Waals surface area (Å²) >= 11 is 3.23. The molecule has 10 heteroatoms. The maximum Gasteiger partial charge on any atom is 0.233 e. The first-order valence-corrected chi connectivity index (χ1v) is 13.4. The van der Waals surface area contributed by atoms with Gasteiger partial charge in [-0.15, -0.1) is 21.5 Å². The Kier molecular flexibility index (Phi) is 5.78. The number of piperazine rings is 1. The Bertz CT molecular complexity index is 1340. The Balaban J connectivity index is 1.11. The zero-order chi connectivity index (χ0) is 23.1. The molecule has 0 atom stereocenters. The third kappa shape index (κ3) is 3.88. The molecule has 1 aromatic carbocycles. The Labute approximate surface area is 205 Å². The van der Waals surface area contributed by atoms with Crippen molar-refractivity contribution in [3.63, 3.8) is 0 Å². The highest BCUT2D eigenvalue weighted by molar-refractivity contribution is 7.99. The second kappa shape index (κ2) is 9.07. The van der Waals surface area contributed by atoms with E-state index in [1.54, 1.807) is 24.8 Å². The summed E-state index contributed by atoms with van der Waals surface area (Å²) in [6.07, 6.45) is 6.50. The number of rotatable bonds is 5. The number of hydrogen-bond donors (Lipinski definition) is 0. The first-order valence-electron chi connectivity index (χ1n) is 11.6. The molecule has 0 unspecified atom stereocenters. The fourth-order valence-corrected chi connectivity index (χ4v) is 6.89. The zero-order valence-corrected chi connectivity index (χ0v) is 20.7. The summed E-state index contributed by atoms with van der Waals surface area (Å²) in [5, 5.41) is 10.8. The predicted molar refractivity (Wildman–Crippen MR) is 135 cm³/mol. The largest absolute Gasteiger partial charge is 0.497 e. The Morgan fingerprint density at radius 3 is 2.68 bits per heavy atom. The molecule has 1 aliphatic heterocycles. The molecule has 6 rings (SSSR count). The summed E-state index contributed by atoms with van der Waals surface area (Å²) in [5.74, 6) is 1.34. The first kappa shape index (κ1) is 21.7. The number of ether oxygens (including phenoxy) is 1. The van der Waals surface area contributed by atoms with E-state index in [9.17, 15) is 4.79 Å². The number of anilines is 1. The van der Waals surface area contributed by atoms with Crippen molar-refractivity contribution >= 4 is 50.6 Å². The minimum absolute atomic E-state index is 0.137. The van der Waals surface area contributed by atoms with E-state index in [1.165, 1.54) is 35.0 Å². The van der Waals surface area contributed by atoms with Crippen LogP contribution in [0.25, 0.3) is 15.9 Å². The van der Waals surface area contributed by atoms with Crippen LogP contribution >= 0.6 is 23.1 Å². The number of hydrogen-bond acceptors (Lipinski definition) is 8. The maximum absolute atomic E-state index is 12.9. The monoisotopic (exact) mass is 494 g/mol. The number of methoxy groups -OCH3 is 1. The molecule has 34 heavy (non-hydrogen) atoms. The maximum atomic E-state index is 12.9. The highest BCUT2D eigenvalue weighted by atomic mass is 32.2. The second-order valence-corrected chi connectivity index (χ2v) is 10.7. The van der Waals surface area contributed by atoms with E-state index in [2.05, 4.69) is 27.2 Å². The standard InChI is InChI=1S/C24H26N6O2S2/c1-32-17-8-6-16(7-9-17)28-10-12-29(13-11-28)20(31)14-33-24-27-26-22-21-18-4-2-3-5-19(18)34-23(21)25-15-30(22)24/h6-9,15H,2-5,10-14H2,1H3. The average Bonchev–Trinajstić information content (AvgIpc) is 3.48. The lowest BCUT2D eigenvalue weighted by Gasteiger charge is -2.36. The van der Waals surface area contributed by atoms with Crippen LogP contribution < -0.4 is 9.64 Å². The van der Waals surface area contributed by atoms with E-state index < -0.39 is 0 Å². The molecule has 0 bridgehead atoms. The van der Waals surface area contributed by atoms with Crippen LogP contribution in [0.1, 0.15) is 23.3 Å². The SMILES string of the molecule is COc1ccc(N2CCN(C(=O)CSc3nnc4c5c6c(sc5ncn34)CCCC6)CC2)cc1. The van der Waals surface area contributed by atoms with Crippen LogP contribution in [0.4, 0.5) is 5.69 Å². The molecule has 0 N–H and O–H groups in total. The van der Waals surface area contributed by atoms with Gasteiger partial charge in [0, 0.05) is 36.7 Å². The van der Waals surface area contributed by atoms with Crippen LogP contribution in [-0.2, 0) is 17.6 Å². The minimum Gasteiger partial charge on any atom is -0.497 e. The van der Waals surface area contributed by atoms with E-state index in [0.717, 1.165) is 71.5 Å². The molecule has 4 heterocycles. The summed E-state index contributed by atoms with van der Waals surface area (Å²) in [6, 6.07) is 8.08. The van der Waals surface area contributed by atoms with Crippen molar-refractivity contribution in [3.05, 3.63) is 41.0 Å². The van der Waals surface area contributed by atoms with Gasteiger partial charge in [0.1, 0.15) is 16.9 Å². The van der Waals surface area contributed by atoms with Gasteiger partial charge < -0.3 is 14.5 Å². The van der Waals surface area contributed by atoms with Crippen LogP contribution in [-0.4, -0.2) is 69.4 Å². The van der Waals surface area contributed by atoms with Gasteiger partial charge in [-0.05, 0) is 55.5 Å². The molecule has 0 radical (unpaired) electrons. The van der Waals surface area contributed by atoms with E-state index in [1.807, 2.05) is 21.4 Å². The van der Waals surface area contributed by atoms with Crippen molar-refractivity contribution < 1.29 is 9.53 Å². The van der Waals surface area contributed by atoms with Gasteiger partial charge in [0.15, 0.2) is 10.8 Å². The van der Waals surface area contributed by atoms with E-state index in [-0.39, 0.29) is 5.91 Å². The number of carbonyl (C=O) groups is 1. The molecule has 4 aromatic rings. The topological polar surface area (TPSA) is 75.9 Å². The zero-order valence-electron chi connectivity index (χ0n) is 19.1. The van der Waals surface area contributed by atoms with Crippen LogP contribution in [0.3, 0.4) is 0 Å². The summed E-state index contributed by atoms with van der Waals surface area (Å²) in [6.45, 7) is 3.08. The molecule has 8 nitrogen and oxygen atoms in total. The van der Waals surface area contributed by atoms with Crippen LogP contribution in [0.2, 0.25) is 0 Å². The average molecular weight is 495 g/mol. The Morgan fingerprint density at radius 2 is 1.88 bits per heavy atom. The van der Waals surface area contributed by atoms with E-state index >= 15 is 0 Å². The predicted octanol–water partition coefficient (Wildman–Crippen LogP) is 3.67. The van der Waals surface area contributed by atoms with Gasteiger partial charge in [-0.2, -0.15) is 0 Å². The summed E-state index contributed by atoms with van der Waals surface area (Å²) in [7, 11) is 1.67. The lowest BCUT2D eigenvalue weighted by molar-refractivity contribution is -0.128. The minimum atomic E-state index is 0.137. The number of thiophene rings is 1. The quantitative estimate of drug-likeness (QED) is 0.392. The summed E-state index contributed by atoms with van der Waals surface area (Å²) in [4.78, 5) is 24.4. The summed E-state index contributed by atoms with van der Waals surface area (Å²) in [5.41, 5.74) is 3.43. The van der Waals surface area contributed by atoms with Crippen molar-refractivity contribution in [3.8, 4) is 5.75 Å². The van der Waals surface area contributed by atoms with Crippen molar-refractivity contribution in [1.82, 2.24) is 24.5 Å². The number of thioether (sulfide) groups is 1. The van der Waals surface area contributed by atoms with Crippen molar-refractivity contribution in [2.75, 3.05) is 43.9 Å². The normalized spacial score (nSPS) is 16.3. The first-order chi connectivity index (χ1) is 16.7. The van der Waals surface area contributed by atoms with Gasteiger partial charge in [0.2, 0.25) is 5.91 Å². The molecule has 1 amide bonds. The lowest BCUT2D eigenvalue weighted by atomic mass is 9.97. The molecular formula is C24H26N6O2S2. The van der Waals surface area contributed by atoms with Crippen LogP contribution in [0.5, 0.6) is 5.75 Å². The van der Waals surface area contributed by atoms with Gasteiger partial charge in [-0.25, -0.2) is 4.98 Å². The molecule has 176 valence electrons. The number of nitrogens with zero attached hydrogens (tertiary/aromatic N) is 6. The number of aromatic nitrogens is 4. The molecular weight excluding hydrogens is 468 g/mol. The molecule has 0 spiro atoms. The van der Waals surface area contributed by atoms with Gasteiger partial charge in [-0.1, -0.05) is 11.8 Å². The fraction of sp³-hybridized carbons (Fsp3) is 0.417. The Morgan fingerprint density at radius 1 is 1.09 bits per heavy atom.